The number of nitrogens with zero attached hydrogens (tertiary/aromatic N) is 2. The number of amides is 1. The van der Waals surface area contributed by atoms with Gasteiger partial charge < -0.3 is 10.2 Å². The van der Waals surface area contributed by atoms with Crippen LogP contribution in [-0.2, 0) is 17.8 Å². The van der Waals surface area contributed by atoms with Crippen molar-refractivity contribution in [1.82, 2.24) is 5.32 Å². The molecular weight excluding hydrogens is 438 g/mol. The molecule has 6 nitrogen and oxygen atoms in total. The summed E-state index contributed by atoms with van der Waals surface area (Å²) in [5.74, 6) is 0.193. The van der Waals surface area contributed by atoms with Gasteiger partial charge in [-0.25, -0.2) is 0 Å². The number of para-hydroxylation sites is 2. The Morgan fingerprint density at radius 2 is 1.70 bits per heavy atom. The number of piperidine rings is 1. The smallest absolute Gasteiger partial charge is 0.292 e. The van der Waals surface area contributed by atoms with Gasteiger partial charge in [-0.2, -0.15) is 0 Å². The van der Waals surface area contributed by atoms with Gasteiger partial charge in [-0.05, 0) is 54.5 Å². The molecule has 3 aromatic carbocycles. The number of hydrogen-bond acceptors (Lipinski definition) is 4. The summed E-state index contributed by atoms with van der Waals surface area (Å²) in [6.07, 6.45) is 2.38. The number of rotatable bonds is 7. The fraction of sp³-hybridized carbons (Fsp3) is 0.269. The van der Waals surface area contributed by atoms with E-state index < -0.39 is 6.04 Å². The number of anilines is 1. The van der Waals surface area contributed by atoms with Crippen LogP contribution in [0.1, 0.15) is 24.0 Å². The average molecular weight is 464 g/mol. The number of benzene rings is 3. The molecule has 1 amide bonds. The maximum absolute atomic E-state index is 13.4. The van der Waals surface area contributed by atoms with Gasteiger partial charge in [0.1, 0.15) is 11.7 Å². The molecular formula is C26H26ClN3O3. The standard InChI is InChI=1S/C26H26ClN3O3/c27-22-12-10-20(11-13-22)18-28-26(31)25-17-21(16-19-6-2-1-3-7-19)14-15-29(25)23-8-4-5-9-24(23)30(32)33/h1-13,21,25H,14-18H2,(H,28,31). The fourth-order valence-electron chi connectivity index (χ4n) is 4.48. The van der Waals surface area contributed by atoms with Crippen LogP contribution in [0.15, 0.2) is 78.9 Å². The summed E-state index contributed by atoms with van der Waals surface area (Å²) in [6, 6.07) is 23.7. The first kappa shape index (κ1) is 22.8. The van der Waals surface area contributed by atoms with E-state index in [4.69, 9.17) is 11.6 Å². The molecule has 1 N–H and O–H groups in total. The summed E-state index contributed by atoms with van der Waals surface area (Å²) in [4.78, 5) is 26.5. The lowest BCUT2D eigenvalue weighted by molar-refractivity contribution is -0.384. The molecule has 4 rings (SSSR count). The van der Waals surface area contributed by atoms with E-state index in [-0.39, 0.29) is 16.5 Å². The topological polar surface area (TPSA) is 75.5 Å². The predicted molar refractivity (Wildman–Crippen MR) is 130 cm³/mol. The number of nitro groups is 1. The van der Waals surface area contributed by atoms with E-state index in [1.807, 2.05) is 35.2 Å². The maximum Gasteiger partial charge on any atom is 0.292 e. The number of hydrogen-bond donors (Lipinski definition) is 1. The van der Waals surface area contributed by atoms with Crippen LogP contribution in [0.5, 0.6) is 0 Å². The number of carbonyl (C=O) groups is 1. The largest absolute Gasteiger partial charge is 0.354 e. The van der Waals surface area contributed by atoms with E-state index >= 15 is 0 Å². The summed E-state index contributed by atoms with van der Waals surface area (Å²) in [6.45, 7) is 0.960. The van der Waals surface area contributed by atoms with Crippen LogP contribution in [0, 0.1) is 16.0 Å². The molecule has 7 heteroatoms. The molecule has 0 spiro atoms. The lowest BCUT2D eigenvalue weighted by atomic mass is 9.85. The van der Waals surface area contributed by atoms with Crippen molar-refractivity contribution in [3.05, 3.63) is 105 Å². The van der Waals surface area contributed by atoms with Crippen LogP contribution >= 0.6 is 11.6 Å². The molecule has 0 aliphatic carbocycles. The highest BCUT2D eigenvalue weighted by Gasteiger charge is 2.36. The van der Waals surface area contributed by atoms with Crippen LogP contribution in [0.25, 0.3) is 0 Å². The maximum atomic E-state index is 13.4. The molecule has 170 valence electrons. The number of nitro benzene ring substituents is 1. The first-order valence-electron chi connectivity index (χ1n) is 11.1. The zero-order chi connectivity index (χ0) is 23.2. The first-order valence-corrected chi connectivity index (χ1v) is 11.4. The van der Waals surface area contributed by atoms with Crippen molar-refractivity contribution in [3.63, 3.8) is 0 Å². The second-order valence-electron chi connectivity index (χ2n) is 8.38. The molecule has 1 fully saturated rings. The SMILES string of the molecule is O=C(NCc1ccc(Cl)cc1)C1CC(Cc2ccccc2)CCN1c1ccccc1[N+](=O)[O-]. The third-order valence-electron chi connectivity index (χ3n) is 6.15. The summed E-state index contributed by atoms with van der Waals surface area (Å²) >= 11 is 5.96. The van der Waals surface area contributed by atoms with Crippen molar-refractivity contribution in [2.75, 3.05) is 11.4 Å². The number of halogens is 1. The van der Waals surface area contributed by atoms with E-state index in [9.17, 15) is 14.9 Å². The zero-order valence-electron chi connectivity index (χ0n) is 18.2. The number of carbonyl (C=O) groups excluding carboxylic acids is 1. The highest BCUT2D eigenvalue weighted by Crippen LogP contribution is 2.35. The van der Waals surface area contributed by atoms with E-state index in [1.165, 1.54) is 11.6 Å². The number of nitrogens with one attached hydrogen (secondary N) is 1. The quantitative estimate of drug-likeness (QED) is 0.376. The third kappa shape index (κ3) is 5.71. The van der Waals surface area contributed by atoms with Crippen molar-refractivity contribution in [3.8, 4) is 0 Å². The first-order chi connectivity index (χ1) is 16.0. The Morgan fingerprint density at radius 3 is 2.42 bits per heavy atom. The fourth-order valence-corrected chi connectivity index (χ4v) is 4.60. The second kappa shape index (κ2) is 10.5. The molecule has 0 bridgehead atoms. The van der Waals surface area contributed by atoms with Crippen LogP contribution in [0.2, 0.25) is 5.02 Å². The third-order valence-corrected chi connectivity index (χ3v) is 6.40. The summed E-state index contributed by atoms with van der Waals surface area (Å²) in [7, 11) is 0. The van der Waals surface area contributed by atoms with Crippen molar-refractivity contribution < 1.29 is 9.72 Å². The molecule has 33 heavy (non-hydrogen) atoms. The molecule has 2 atom stereocenters. The minimum Gasteiger partial charge on any atom is -0.354 e. The lowest BCUT2D eigenvalue weighted by Crippen LogP contribution is -2.52. The van der Waals surface area contributed by atoms with Gasteiger partial charge in [0.05, 0.1) is 4.92 Å². The van der Waals surface area contributed by atoms with Gasteiger partial charge in [-0.15, -0.1) is 0 Å². The Kier molecular flexibility index (Phi) is 7.25. The highest BCUT2D eigenvalue weighted by molar-refractivity contribution is 6.30. The molecule has 1 aliphatic heterocycles. The minimum atomic E-state index is -0.485. The van der Waals surface area contributed by atoms with Crippen molar-refractivity contribution in [1.29, 1.82) is 0 Å². The van der Waals surface area contributed by atoms with E-state index in [1.54, 1.807) is 30.3 Å². The Morgan fingerprint density at radius 1 is 1.00 bits per heavy atom. The monoisotopic (exact) mass is 463 g/mol. The van der Waals surface area contributed by atoms with Crippen molar-refractivity contribution >= 4 is 28.9 Å². The van der Waals surface area contributed by atoms with Gasteiger partial charge in [0.2, 0.25) is 5.91 Å². The molecule has 2 unspecified atom stereocenters. The van der Waals surface area contributed by atoms with Crippen LogP contribution in [-0.4, -0.2) is 23.4 Å². The molecule has 0 saturated carbocycles. The van der Waals surface area contributed by atoms with Gasteiger partial charge >= 0.3 is 0 Å². The molecule has 1 heterocycles. The second-order valence-corrected chi connectivity index (χ2v) is 8.82. The van der Waals surface area contributed by atoms with Crippen LogP contribution in [0.3, 0.4) is 0 Å². The van der Waals surface area contributed by atoms with Gasteiger partial charge in [0, 0.05) is 24.2 Å². The van der Waals surface area contributed by atoms with Crippen LogP contribution < -0.4 is 10.2 Å². The van der Waals surface area contributed by atoms with Gasteiger partial charge in [-0.3, -0.25) is 14.9 Å². The van der Waals surface area contributed by atoms with Crippen molar-refractivity contribution in [2.24, 2.45) is 5.92 Å². The van der Waals surface area contributed by atoms with Crippen molar-refractivity contribution in [2.45, 2.75) is 31.8 Å². The minimum absolute atomic E-state index is 0.0227. The molecule has 3 aromatic rings. The van der Waals surface area contributed by atoms with E-state index in [2.05, 4.69) is 17.4 Å². The summed E-state index contributed by atoms with van der Waals surface area (Å²) in [5.41, 5.74) is 2.70. The Hall–Kier alpha value is -3.38. The Labute approximate surface area is 198 Å². The van der Waals surface area contributed by atoms with Gasteiger partial charge in [0.15, 0.2) is 0 Å². The molecule has 1 saturated heterocycles. The van der Waals surface area contributed by atoms with E-state index in [0.29, 0.717) is 36.1 Å². The highest BCUT2D eigenvalue weighted by atomic mass is 35.5. The average Bonchev–Trinajstić information content (AvgIpc) is 2.84. The van der Waals surface area contributed by atoms with E-state index in [0.717, 1.165) is 18.4 Å². The normalized spacial score (nSPS) is 18.0. The van der Waals surface area contributed by atoms with Gasteiger partial charge in [0.25, 0.3) is 5.69 Å². The Bertz CT molecular complexity index is 1110. The summed E-state index contributed by atoms with van der Waals surface area (Å²) in [5, 5.41) is 15.3. The predicted octanol–water partition coefficient (Wildman–Crippen LogP) is 5.39. The lowest BCUT2D eigenvalue weighted by Gasteiger charge is -2.40. The molecule has 0 aromatic heterocycles. The van der Waals surface area contributed by atoms with Gasteiger partial charge in [-0.1, -0.05) is 66.2 Å². The zero-order valence-corrected chi connectivity index (χ0v) is 18.9. The Balaban J connectivity index is 1.55. The molecule has 1 aliphatic rings. The summed E-state index contributed by atoms with van der Waals surface area (Å²) < 4.78 is 0. The molecule has 0 radical (unpaired) electrons. The van der Waals surface area contributed by atoms with Crippen LogP contribution in [0.4, 0.5) is 11.4 Å².